The largest absolute Gasteiger partial charge is 0.493 e. The van der Waals surface area contributed by atoms with Gasteiger partial charge in [0.25, 0.3) is 0 Å². The van der Waals surface area contributed by atoms with Crippen molar-refractivity contribution < 1.29 is 21.6 Å². The van der Waals surface area contributed by atoms with E-state index in [0.717, 1.165) is 26.1 Å². The molecule has 9 heteroatoms. The Balaban J connectivity index is 2.00. The van der Waals surface area contributed by atoms with Gasteiger partial charge >= 0.3 is 0 Å². The summed E-state index contributed by atoms with van der Waals surface area (Å²) in [5.41, 5.74) is 0. The quantitative estimate of drug-likeness (QED) is 0.648. The fourth-order valence-electron chi connectivity index (χ4n) is 2.79. The summed E-state index contributed by atoms with van der Waals surface area (Å²) in [6.45, 7) is 7.31. The Morgan fingerprint density at radius 3 is 2.27 bits per heavy atom. The van der Waals surface area contributed by atoms with Gasteiger partial charge in [-0.15, -0.1) is 0 Å². The molecule has 1 aromatic rings. The molecule has 0 aliphatic carbocycles. The number of ether oxygens (including phenoxy) is 1. The van der Waals surface area contributed by atoms with Crippen LogP contribution in [-0.2, 0) is 19.9 Å². The smallest absolute Gasteiger partial charge is 0.243 e. The SMILES string of the molecule is CCN1CCCN(S(=O)(=O)c2ccc(OCCS(=O)(=O)CC)cc2)CC1. The highest BCUT2D eigenvalue weighted by atomic mass is 32.2. The average molecular weight is 405 g/mol. The molecule has 0 radical (unpaired) electrons. The van der Waals surface area contributed by atoms with Crippen molar-refractivity contribution >= 4 is 19.9 Å². The van der Waals surface area contributed by atoms with Crippen molar-refractivity contribution in [3.05, 3.63) is 24.3 Å². The summed E-state index contributed by atoms with van der Waals surface area (Å²) >= 11 is 0. The summed E-state index contributed by atoms with van der Waals surface area (Å²) < 4.78 is 55.5. The summed E-state index contributed by atoms with van der Waals surface area (Å²) in [6.07, 6.45) is 0.820. The monoisotopic (exact) mass is 404 g/mol. The molecule has 1 fully saturated rings. The van der Waals surface area contributed by atoms with Gasteiger partial charge in [-0.05, 0) is 43.8 Å². The number of benzene rings is 1. The first kappa shape index (κ1) is 21.1. The van der Waals surface area contributed by atoms with E-state index in [4.69, 9.17) is 4.74 Å². The van der Waals surface area contributed by atoms with Crippen LogP contribution in [0.5, 0.6) is 5.75 Å². The van der Waals surface area contributed by atoms with Gasteiger partial charge in [0.2, 0.25) is 10.0 Å². The molecule has 0 amide bonds. The van der Waals surface area contributed by atoms with Gasteiger partial charge in [-0.2, -0.15) is 4.31 Å². The molecule has 1 aliphatic heterocycles. The van der Waals surface area contributed by atoms with Crippen LogP contribution < -0.4 is 4.74 Å². The van der Waals surface area contributed by atoms with Crippen molar-refractivity contribution in [1.29, 1.82) is 0 Å². The van der Waals surface area contributed by atoms with Gasteiger partial charge in [-0.25, -0.2) is 16.8 Å². The van der Waals surface area contributed by atoms with E-state index < -0.39 is 19.9 Å². The Morgan fingerprint density at radius 2 is 1.65 bits per heavy atom. The Bertz CT molecular complexity index is 776. The lowest BCUT2D eigenvalue weighted by atomic mass is 10.3. The van der Waals surface area contributed by atoms with E-state index in [1.165, 1.54) is 16.4 Å². The van der Waals surface area contributed by atoms with Crippen LogP contribution >= 0.6 is 0 Å². The highest BCUT2D eigenvalue weighted by molar-refractivity contribution is 7.91. The minimum Gasteiger partial charge on any atom is -0.493 e. The molecule has 0 saturated carbocycles. The Kier molecular flexibility index (Phi) is 7.45. The van der Waals surface area contributed by atoms with Gasteiger partial charge in [0.05, 0.1) is 10.6 Å². The number of hydrogen-bond donors (Lipinski definition) is 0. The van der Waals surface area contributed by atoms with Crippen LogP contribution in [0.15, 0.2) is 29.2 Å². The van der Waals surface area contributed by atoms with Crippen LogP contribution in [0.3, 0.4) is 0 Å². The molecule has 1 aliphatic rings. The average Bonchev–Trinajstić information content (AvgIpc) is 2.88. The lowest BCUT2D eigenvalue weighted by molar-refractivity contribution is 0.302. The molecule has 0 aromatic heterocycles. The maximum absolute atomic E-state index is 12.8. The maximum Gasteiger partial charge on any atom is 0.243 e. The molecule has 148 valence electrons. The Morgan fingerprint density at radius 1 is 0.962 bits per heavy atom. The summed E-state index contributed by atoms with van der Waals surface area (Å²) in [5, 5.41) is 0. The topological polar surface area (TPSA) is 84.0 Å². The van der Waals surface area contributed by atoms with Crippen molar-refractivity contribution in [3.8, 4) is 5.75 Å². The van der Waals surface area contributed by atoms with Gasteiger partial charge in [0.15, 0.2) is 9.84 Å². The molecule has 0 N–H and O–H groups in total. The van der Waals surface area contributed by atoms with Crippen LogP contribution in [0.2, 0.25) is 0 Å². The van der Waals surface area contributed by atoms with Gasteiger partial charge in [-0.1, -0.05) is 13.8 Å². The van der Waals surface area contributed by atoms with E-state index in [1.807, 2.05) is 0 Å². The number of nitrogens with zero attached hydrogens (tertiary/aromatic N) is 2. The minimum atomic E-state index is -3.53. The van der Waals surface area contributed by atoms with E-state index in [0.29, 0.717) is 18.8 Å². The van der Waals surface area contributed by atoms with E-state index in [1.54, 1.807) is 19.1 Å². The zero-order valence-electron chi connectivity index (χ0n) is 15.4. The Hall–Kier alpha value is -1.16. The number of likely N-dealkylation sites (N-methyl/N-ethyl adjacent to an activating group) is 1. The first-order valence-electron chi connectivity index (χ1n) is 8.94. The van der Waals surface area contributed by atoms with Crippen LogP contribution in [0.4, 0.5) is 0 Å². The molecule has 1 heterocycles. The first-order chi connectivity index (χ1) is 12.3. The molecule has 1 aromatic carbocycles. The third-order valence-electron chi connectivity index (χ3n) is 4.56. The van der Waals surface area contributed by atoms with Crippen molar-refractivity contribution in [1.82, 2.24) is 9.21 Å². The fourth-order valence-corrected chi connectivity index (χ4v) is 4.89. The number of sulfone groups is 1. The van der Waals surface area contributed by atoms with Crippen LogP contribution in [0, 0.1) is 0 Å². The third kappa shape index (κ3) is 5.67. The third-order valence-corrected chi connectivity index (χ3v) is 8.14. The van der Waals surface area contributed by atoms with Crippen LogP contribution in [0.1, 0.15) is 20.3 Å². The lowest BCUT2D eigenvalue weighted by Gasteiger charge is -2.21. The molecule has 1 saturated heterocycles. The number of hydrogen-bond acceptors (Lipinski definition) is 6. The summed E-state index contributed by atoms with van der Waals surface area (Å²) in [4.78, 5) is 2.48. The highest BCUT2D eigenvalue weighted by Gasteiger charge is 2.26. The second kappa shape index (κ2) is 9.16. The molecular weight excluding hydrogens is 376 g/mol. The van der Waals surface area contributed by atoms with Gasteiger partial charge in [0, 0.05) is 25.4 Å². The van der Waals surface area contributed by atoms with E-state index in [2.05, 4.69) is 11.8 Å². The fraction of sp³-hybridized carbons (Fsp3) is 0.647. The van der Waals surface area contributed by atoms with Gasteiger partial charge in [-0.3, -0.25) is 0 Å². The lowest BCUT2D eigenvalue weighted by Crippen LogP contribution is -2.35. The molecule has 0 unspecified atom stereocenters. The summed E-state index contributed by atoms with van der Waals surface area (Å²) in [6, 6.07) is 6.17. The summed E-state index contributed by atoms with van der Waals surface area (Å²) in [5.74, 6) is 0.493. The molecule has 0 bridgehead atoms. The predicted octanol–water partition coefficient (Wildman–Crippen LogP) is 1.22. The molecule has 2 rings (SSSR count). The molecule has 7 nitrogen and oxygen atoms in total. The highest BCUT2D eigenvalue weighted by Crippen LogP contribution is 2.21. The van der Waals surface area contributed by atoms with Crippen molar-refractivity contribution in [2.75, 3.05) is 50.8 Å². The predicted molar refractivity (Wildman–Crippen MR) is 102 cm³/mol. The second-order valence-electron chi connectivity index (χ2n) is 6.25. The molecule has 0 atom stereocenters. The number of rotatable bonds is 8. The van der Waals surface area contributed by atoms with E-state index >= 15 is 0 Å². The minimum absolute atomic E-state index is 0.0503. The van der Waals surface area contributed by atoms with Gasteiger partial charge < -0.3 is 9.64 Å². The molecule has 0 spiro atoms. The molecular formula is C17H28N2O5S2. The Labute approximate surface area is 156 Å². The van der Waals surface area contributed by atoms with E-state index in [9.17, 15) is 16.8 Å². The zero-order valence-corrected chi connectivity index (χ0v) is 17.1. The van der Waals surface area contributed by atoms with E-state index in [-0.39, 0.29) is 23.0 Å². The van der Waals surface area contributed by atoms with Crippen LogP contribution in [-0.4, -0.2) is 76.9 Å². The van der Waals surface area contributed by atoms with Crippen molar-refractivity contribution in [2.45, 2.75) is 25.2 Å². The summed E-state index contributed by atoms with van der Waals surface area (Å²) in [7, 11) is -6.60. The van der Waals surface area contributed by atoms with Crippen LogP contribution in [0.25, 0.3) is 0 Å². The van der Waals surface area contributed by atoms with Crippen molar-refractivity contribution in [2.24, 2.45) is 0 Å². The normalized spacial score (nSPS) is 17.8. The first-order valence-corrected chi connectivity index (χ1v) is 12.2. The standard InChI is InChI=1S/C17H28N2O5S2/c1-3-18-10-5-11-19(13-12-18)26(22,23)17-8-6-16(7-9-17)24-14-15-25(20,21)4-2/h6-9H,3-5,10-15H2,1-2H3. The zero-order chi connectivity index (χ0) is 19.2. The number of sulfonamides is 1. The molecule has 26 heavy (non-hydrogen) atoms. The van der Waals surface area contributed by atoms with Crippen molar-refractivity contribution in [3.63, 3.8) is 0 Å². The van der Waals surface area contributed by atoms with Gasteiger partial charge in [0.1, 0.15) is 12.4 Å². The second-order valence-corrected chi connectivity index (χ2v) is 10.7. The maximum atomic E-state index is 12.8.